The van der Waals surface area contributed by atoms with Gasteiger partial charge in [-0.3, -0.25) is 9.78 Å². The van der Waals surface area contributed by atoms with Crippen molar-refractivity contribution in [3.05, 3.63) is 41.8 Å². The highest BCUT2D eigenvalue weighted by molar-refractivity contribution is 5.92. The molecule has 1 unspecified atom stereocenters. The van der Waals surface area contributed by atoms with Gasteiger partial charge in [-0.2, -0.15) is 4.98 Å². The summed E-state index contributed by atoms with van der Waals surface area (Å²) in [4.78, 5) is 22.8. The van der Waals surface area contributed by atoms with Gasteiger partial charge in [-0.1, -0.05) is 18.1 Å². The van der Waals surface area contributed by atoms with Crippen molar-refractivity contribution in [1.82, 2.24) is 20.0 Å². The average Bonchev–Trinajstić information content (AvgIpc) is 3.04. The molecule has 1 saturated heterocycles. The molecule has 0 N–H and O–H groups in total. The van der Waals surface area contributed by atoms with E-state index < -0.39 is 0 Å². The quantitative estimate of drug-likeness (QED) is 0.863. The van der Waals surface area contributed by atoms with E-state index in [4.69, 9.17) is 4.52 Å². The SMILES string of the molecule is CCc1noc(C2CCCN(C(=O)c3ccccn3)C2)n1. The highest BCUT2D eigenvalue weighted by atomic mass is 16.5. The number of carbonyl (C=O) groups excluding carboxylic acids is 1. The summed E-state index contributed by atoms with van der Waals surface area (Å²) in [6.07, 6.45) is 4.30. The second-order valence-corrected chi connectivity index (χ2v) is 5.21. The van der Waals surface area contributed by atoms with Crippen LogP contribution in [0.25, 0.3) is 0 Å². The molecule has 1 amide bonds. The van der Waals surface area contributed by atoms with Crippen LogP contribution in [0.1, 0.15) is 47.9 Å². The first-order valence-corrected chi connectivity index (χ1v) is 7.30. The van der Waals surface area contributed by atoms with E-state index in [-0.39, 0.29) is 11.8 Å². The molecular weight excluding hydrogens is 268 g/mol. The summed E-state index contributed by atoms with van der Waals surface area (Å²) < 4.78 is 5.31. The van der Waals surface area contributed by atoms with Crippen molar-refractivity contribution in [3.63, 3.8) is 0 Å². The van der Waals surface area contributed by atoms with E-state index in [0.29, 0.717) is 18.1 Å². The summed E-state index contributed by atoms with van der Waals surface area (Å²) in [5, 5.41) is 3.94. The Kier molecular flexibility index (Phi) is 3.94. The molecule has 3 heterocycles. The molecule has 0 aromatic carbocycles. The number of aromatic nitrogens is 3. The van der Waals surface area contributed by atoms with Crippen molar-refractivity contribution in [2.75, 3.05) is 13.1 Å². The predicted molar refractivity (Wildman–Crippen MR) is 75.8 cm³/mol. The second kappa shape index (κ2) is 6.03. The van der Waals surface area contributed by atoms with Gasteiger partial charge in [0.15, 0.2) is 5.82 Å². The lowest BCUT2D eigenvalue weighted by Crippen LogP contribution is -2.39. The molecule has 1 aliphatic heterocycles. The predicted octanol–water partition coefficient (Wildman–Crippen LogP) is 2.05. The molecule has 0 spiro atoms. The van der Waals surface area contributed by atoms with Crippen LogP contribution in [0.2, 0.25) is 0 Å². The van der Waals surface area contributed by atoms with Crippen LogP contribution in [0.3, 0.4) is 0 Å². The van der Waals surface area contributed by atoms with Crippen molar-refractivity contribution in [1.29, 1.82) is 0 Å². The number of carbonyl (C=O) groups is 1. The van der Waals surface area contributed by atoms with Gasteiger partial charge in [-0.05, 0) is 25.0 Å². The summed E-state index contributed by atoms with van der Waals surface area (Å²) in [5.74, 6) is 1.46. The van der Waals surface area contributed by atoms with Crippen molar-refractivity contribution >= 4 is 5.91 Å². The van der Waals surface area contributed by atoms with E-state index in [0.717, 1.165) is 31.6 Å². The van der Waals surface area contributed by atoms with Crippen LogP contribution in [0, 0.1) is 0 Å². The van der Waals surface area contributed by atoms with Gasteiger partial charge in [-0.25, -0.2) is 0 Å². The molecule has 2 aromatic heterocycles. The molecular formula is C15H18N4O2. The first kappa shape index (κ1) is 13.7. The maximum atomic E-state index is 12.4. The molecule has 6 nitrogen and oxygen atoms in total. The molecule has 3 rings (SSSR count). The Morgan fingerprint density at radius 2 is 2.38 bits per heavy atom. The lowest BCUT2D eigenvalue weighted by molar-refractivity contribution is 0.0689. The molecule has 6 heteroatoms. The van der Waals surface area contributed by atoms with Crippen LogP contribution in [0.15, 0.2) is 28.9 Å². The fourth-order valence-electron chi connectivity index (χ4n) is 2.59. The first-order valence-electron chi connectivity index (χ1n) is 7.30. The lowest BCUT2D eigenvalue weighted by Gasteiger charge is -2.30. The third-order valence-electron chi connectivity index (χ3n) is 3.74. The normalized spacial score (nSPS) is 18.7. The highest BCUT2D eigenvalue weighted by Crippen LogP contribution is 2.26. The first-order chi connectivity index (χ1) is 10.3. The van der Waals surface area contributed by atoms with Gasteiger partial charge in [0.05, 0.1) is 5.92 Å². The zero-order valence-electron chi connectivity index (χ0n) is 12.0. The Balaban J connectivity index is 1.72. The molecule has 0 bridgehead atoms. The molecule has 1 aliphatic rings. The molecule has 1 atom stereocenters. The number of piperidine rings is 1. The zero-order valence-corrected chi connectivity index (χ0v) is 12.0. The number of aryl methyl sites for hydroxylation is 1. The zero-order chi connectivity index (χ0) is 14.7. The van der Waals surface area contributed by atoms with Crippen LogP contribution in [0.4, 0.5) is 0 Å². The Morgan fingerprint density at radius 1 is 1.48 bits per heavy atom. The largest absolute Gasteiger partial charge is 0.339 e. The summed E-state index contributed by atoms with van der Waals surface area (Å²) in [5.41, 5.74) is 0.484. The van der Waals surface area contributed by atoms with Crippen LogP contribution < -0.4 is 0 Å². The van der Waals surface area contributed by atoms with Gasteiger partial charge >= 0.3 is 0 Å². The minimum Gasteiger partial charge on any atom is -0.339 e. The maximum absolute atomic E-state index is 12.4. The van der Waals surface area contributed by atoms with Gasteiger partial charge in [0.1, 0.15) is 5.69 Å². The minimum absolute atomic E-state index is 0.0319. The standard InChI is InChI=1S/C15H18N4O2/c1-2-13-17-14(21-18-13)11-6-5-9-19(10-11)15(20)12-7-3-4-8-16-12/h3-4,7-8,11H,2,5-6,9-10H2,1H3. The number of hydrogen-bond acceptors (Lipinski definition) is 5. The van der Waals surface area contributed by atoms with Crippen LogP contribution in [0.5, 0.6) is 0 Å². The van der Waals surface area contributed by atoms with Crippen molar-refractivity contribution in [2.45, 2.75) is 32.1 Å². The molecule has 0 aliphatic carbocycles. The number of rotatable bonds is 3. The van der Waals surface area contributed by atoms with Crippen LogP contribution >= 0.6 is 0 Å². The molecule has 21 heavy (non-hydrogen) atoms. The van der Waals surface area contributed by atoms with Gasteiger partial charge in [-0.15, -0.1) is 0 Å². The van der Waals surface area contributed by atoms with Crippen molar-refractivity contribution < 1.29 is 9.32 Å². The molecule has 1 fully saturated rings. The van der Waals surface area contributed by atoms with E-state index in [1.165, 1.54) is 0 Å². The molecule has 0 radical (unpaired) electrons. The van der Waals surface area contributed by atoms with Crippen molar-refractivity contribution in [2.24, 2.45) is 0 Å². The van der Waals surface area contributed by atoms with Gasteiger partial charge in [0.2, 0.25) is 5.89 Å². The van der Waals surface area contributed by atoms with E-state index in [2.05, 4.69) is 15.1 Å². The number of nitrogens with zero attached hydrogens (tertiary/aromatic N) is 4. The Bertz CT molecular complexity index is 611. The third kappa shape index (κ3) is 2.94. The Labute approximate surface area is 123 Å². The summed E-state index contributed by atoms with van der Waals surface area (Å²) in [7, 11) is 0. The van der Waals surface area contributed by atoms with Crippen LogP contribution in [-0.2, 0) is 6.42 Å². The summed E-state index contributed by atoms with van der Waals surface area (Å²) >= 11 is 0. The summed E-state index contributed by atoms with van der Waals surface area (Å²) in [6.45, 7) is 3.36. The van der Waals surface area contributed by atoms with E-state index in [1.807, 2.05) is 17.9 Å². The van der Waals surface area contributed by atoms with Crippen molar-refractivity contribution in [3.8, 4) is 0 Å². The average molecular weight is 286 g/mol. The minimum atomic E-state index is -0.0319. The number of likely N-dealkylation sites (tertiary alicyclic amines) is 1. The fourth-order valence-corrected chi connectivity index (χ4v) is 2.59. The maximum Gasteiger partial charge on any atom is 0.272 e. The topological polar surface area (TPSA) is 72.1 Å². The second-order valence-electron chi connectivity index (χ2n) is 5.21. The van der Waals surface area contributed by atoms with E-state index >= 15 is 0 Å². The Morgan fingerprint density at radius 3 is 3.10 bits per heavy atom. The highest BCUT2D eigenvalue weighted by Gasteiger charge is 2.29. The number of amides is 1. The lowest BCUT2D eigenvalue weighted by atomic mass is 9.97. The monoisotopic (exact) mass is 286 g/mol. The molecule has 0 saturated carbocycles. The number of hydrogen-bond donors (Lipinski definition) is 0. The molecule has 110 valence electrons. The van der Waals surface area contributed by atoms with Crippen LogP contribution in [-0.4, -0.2) is 39.0 Å². The van der Waals surface area contributed by atoms with E-state index in [1.54, 1.807) is 18.3 Å². The number of pyridine rings is 1. The van der Waals surface area contributed by atoms with Gasteiger partial charge in [0.25, 0.3) is 5.91 Å². The van der Waals surface area contributed by atoms with Gasteiger partial charge < -0.3 is 9.42 Å². The fraction of sp³-hybridized carbons (Fsp3) is 0.467. The van der Waals surface area contributed by atoms with Gasteiger partial charge in [0, 0.05) is 25.7 Å². The third-order valence-corrected chi connectivity index (χ3v) is 3.74. The molecule has 2 aromatic rings. The van der Waals surface area contributed by atoms with E-state index in [9.17, 15) is 4.79 Å². The smallest absolute Gasteiger partial charge is 0.272 e. The summed E-state index contributed by atoms with van der Waals surface area (Å²) in [6, 6.07) is 5.38. The Hall–Kier alpha value is -2.24.